The standard InChI is InChI=1S/C11H14N4/c1-11(2,3)15-10(12-13-14-15)9-7-5-4-6-8-9/h4-8H,1-3H3/p+1. The molecule has 0 aliphatic carbocycles. The minimum Gasteiger partial charge on any atom is -0.153 e. The first-order valence-electron chi connectivity index (χ1n) is 4.98. The number of hydrogen-bond donors (Lipinski definition) is 1. The van der Waals surface area contributed by atoms with Gasteiger partial charge in [0, 0.05) is 0 Å². The van der Waals surface area contributed by atoms with Gasteiger partial charge in [-0.3, -0.25) is 0 Å². The first-order valence-corrected chi connectivity index (χ1v) is 4.98. The van der Waals surface area contributed by atoms with Gasteiger partial charge in [-0.05, 0) is 32.9 Å². The van der Waals surface area contributed by atoms with E-state index in [1.807, 2.05) is 35.0 Å². The minimum atomic E-state index is -0.0469. The van der Waals surface area contributed by atoms with Gasteiger partial charge in [-0.1, -0.05) is 23.4 Å². The zero-order valence-corrected chi connectivity index (χ0v) is 9.23. The molecule has 0 bridgehead atoms. The molecular weight excluding hydrogens is 188 g/mol. The summed E-state index contributed by atoms with van der Waals surface area (Å²) in [5.74, 6) is 0.864. The van der Waals surface area contributed by atoms with Gasteiger partial charge in [0.1, 0.15) is 10.6 Å². The molecule has 0 fully saturated rings. The number of benzene rings is 1. The Kier molecular flexibility index (Phi) is 2.26. The number of tetrazole rings is 1. The number of hydrogen-bond acceptors (Lipinski definition) is 2. The first-order chi connectivity index (χ1) is 7.09. The SMILES string of the molecule is CC(C)(C)[n+]1[nH]nnc1-c1ccccc1. The van der Waals surface area contributed by atoms with Crippen LogP contribution in [0.2, 0.25) is 0 Å². The Bertz CT molecular complexity index is 439. The highest BCUT2D eigenvalue weighted by Gasteiger charge is 2.26. The zero-order valence-electron chi connectivity index (χ0n) is 9.23. The maximum Gasteiger partial charge on any atom is 0.332 e. The molecule has 0 aliphatic rings. The molecule has 0 spiro atoms. The van der Waals surface area contributed by atoms with Crippen molar-refractivity contribution in [2.24, 2.45) is 0 Å². The molecule has 1 N–H and O–H groups in total. The van der Waals surface area contributed by atoms with E-state index in [-0.39, 0.29) is 5.54 Å². The summed E-state index contributed by atoms with van der Waals surface area (Å²) in [6, 6.07) is 10.0. The van der Waals surface area contributed by atoms with Crippen LogP contribution < -0.4 is 4.68 Å². The Labute approximate surface area is 88.9 Å². The molecule has 4 heteroatoms. The van der Waals surface area contributed by atoms with Gasteiger partial charge in [-0.2, -0.15) is 4.68 Å². The van der Waals surface area contributed by atoms with E-state index in [0.717, 1.165) is 11.4 Å². The quantitative estimate of drug-likeness (QED) is 0.714. The van der Waals surface area contributed by atoms with Gasteiger partial charge < -0.3 is 0 Å². The van der Waals surface area contributed by atoms with Gasteiger partial charge in [-0.25, -0.2) is 0 Å². The third-order valence-electron chi connectivity index (χ3n) is 2.20. The van der Waals surface area contributed by atoms with Crippen molar-refractivity contribution in [3.8, 4) is 11.4 Å². The summed E-state index contributed by atoms with van der Waals surface area (Å²) in [6.45, 7) is 6.33. The molecule has 0 atom stereocenters. The van der Waals surface area contributed by atoms with Gasteiger partial charge in [0.05, 0.1) is 5.56 Å². The number of rotatable bonds is 1. The van der Waals surface area contributed by atoms with Crippen LogP contribution in [0.4, 0.5) is 0 Å². The summed E-state index contributed by atoms with van der Waals surface area (Å²) < 4.78 is 1.96. The van der Waals surface area contributed by atoms with E-state index in [9.17, 15) is 0 Å². The van der Waals surface area contributed by atoms with Crippen molar-refractivity contribution in [3.05, 3.63) is 30.3 Å². The third-order valence-corrected chi connectivity index (χ3v) is 2.20. The fourth-order valence-corrected chi connectivity index (χ4v) is 1.45. The summed E-state index contributed by atoms with van der Waals surface area (Å²) in [6.07, 6.45) is 0. The van der Waals surface area contributed by atoms with Crippen molar-refractivity contribution in [1.82, 2.24) is 15.5 Å². The largest absolute Gasteiger partial charge is 0.332 e. The lowest BCUT2D eigenvalue weighted by Gasteiger charge is -2.14. The van der Waals surface area contributed by atoms with Gasteiger partial charge in [0.25, 0.3) is 0 Å². The molecule has 0 radical (unpaired) electrons. The van der Waals surface area contributed by atoms with E-state index < -0.39 is 0 Å². The number of aromatic nitrogens is 4. The number of nitrogens with zero attached hydrogens (tertiary/aromatic N) is 3. The number of nitrogens with one attached hydrogen (secondary N) is 1. The van der Waals surface area contributed by atoms with Crippen LogP contribution >= 0.6 is 0 Å². The molecule has 2 aromatic rings. The number of H-pyrrole nitrogens is 1. The average molecular weight is 203 g/mol. The highest BCUT2D eigenvalue weighted by Crippen LogP contribution is 2.14. The van der Waals surface area contributed by atoms with Crippen molar-refractivity contribution in [3.63, 3.8) is 0 Å². The third kappa shape index (κ3) is 1.88. The minimum absolute atomic E-state index is 0.0469. The highest BCUT2D eigenvalue weighted by molar-refractivity contribution is 5.50. The van der Waals surface area contributed by atoms with Crippen LogP contribution in [0.15, 0.2) is 30.3 Å². The molecule has 0 saturated carbocycles. The molecule has 1 aromatic heterocycles. The van der Waals surface area contributed by atoms with Crippen LogP contribution in [0.5, 0.6) is 0 Å². The van der Waals surface area contributed by atoms with Gasteiger partial charge in [0.15, 0.2) is 5.21 Å². The van der Waals surface area contributed by atoms with E-state index in [1.165, 1.54) is 0 Å². The molecule has 4 nitrogen and oxygen atoms in total. The van der Waals surface area contributed by atoms with E-state index in [4.69, 9.17) is 0 Å². The molecule has 0 saturated heterocycles. The van der Waals surface area contributed by atoms with Crippen LogP contribution in [0.1, 0.15) is 20.8 Å². The van der Waals surface area contributed by atoms with E-state index in [0.29, 0.717) is 0 Å². The summed E-state index contributed by atoms with van der Waals surface area (Å²) in [5, 5.41) is 10.9. The summed E-state index contributed by atoms with van der Waals surface area (Å²) in [5.41, 5.74) is 1.02. The van der Waals surface area contributed by atoms with E-state index >= 15 is 0 Å². The average Bonchev–Trinajstić information content (AvgIpc) is 2.67. The maximum absolute atomic E-state index is 4.11. The molecule has 0 aliphatic heterocycles. The normalized spacial score (nSPS) is 11.7. The molecule has 2 rings (SSSR count). The fraction of sp³-hybridized carbons (Fsp3) is 0.364. The summed E-state index contributed by atoms with van der Waals surface area (Å²) in [7, 11) is 0. The smallest absolute Gasteiger partial charge is 0.153 e. The van der Waals surface area contributed by atoms with Crippen LogP contribution in [-0.2, 0) is 5.54 Å². The molecule has 1 heterocycles. The highest BCUT2D eigenvalue weighted by atomic mass is 15.6. The summed E-state index contributed by atoms with van der Waals surface area (Å²) in [4.78, 5) is 0. The van der Waals surface area contributed by atoms with E-state index in [1.54, 1.807) is 0 Å². The molecular formula is C11H15N4+. The van der Waals surface area contributed by atoms with Crippen molar-refractivity contribution >= 4 is 0 Å². The van der Waals surface area contributed by atoms with E-state index in [2.05, 4.69) is 36.3 Å². The lowest BCUT2D eigenvalue weighted by molar-refractivity contribution is -0.797. The molecule has 1 aromatic carbocycles. The van der Waals surface area contributed by atoms with Gasteiger partial charge in [0.2, 0.25) is 0 Å². The van der Waals surface area contributed by atoms with Crippen molar-refractivity contribution in [2.75, 3.05) is 0 Å². The second-order valence-corrected chi connectivity index (χ2v) is 4.50. The maximum atomic E-state index is 4.11. The van der Waals surface area contributed by atoms with Gasteiger partial charge >= 0.3 is 5.82 Å². The lowest BCUT2D eigenvalue weighted by atomic mass is 10.1. The first kappa shape index (κ1) is 9.83. The van der Waals surface area contributed by atoms with Crippen LogP contribution in [0, 0.1) is 0 Å². The second-order valence-electron chi connectivity index (χ2n) is 4.50. The summed E-state index contributed by atoms with van der Waals surface area (Å²) >= 11 is 0. The molecule has 0 unspecified atom stereocenters. The molecule has 15 heavy (non-hydrogen) atoms. The Morgan fingerprint density at radius 2 is 1.80 bits per heavy atom. The monoisotopic (exact) mass is 203 g/mol. The Morgan fingerprint density at radius 3 is 2.40 bits per heavy atom. The fourth-order valence-electron chi connectivity index (χ4n) is 1.45. The van der Waals surface area contributed by atoms with Crippen LogP contribution in [0.3, 0.4) is 0 Å². The Hall–Kier alpha value is -1.71. The zero-order chi connectivity index (χ0) is 10.9. The molecule has 0 amide bonds. The van der Waals surface area contributed by atoms with Crippen molar-refractivity contribution in [1.29, 1.82) is 0 Å². The second kappa shape index (κ2) is 3.46. The predicted molar refractivity (Wildman–Crippen MR) is 57.0 cm³/mol. The topological polar surface area (TPSA) is 45.5 Å². The van der Waals surface area contributed by atoms with Gasteiger partial charge in [-0.15, -0.1) is 0 Å². The van der Waals surface area contributed by atoms with Crippen LogP contribution in [-0.4, -0.2) is 15.5 Å². The Balaban J connectivity index is 2.51. The lowest BCUT2D eigenvalue weighted by Crippen LogP contribution is -2.53. The predicted octanol–water partition coefficient (Wildman–Crippen LogP) is 1.51. The molecule has 78 valence electrons. The Morgan fingerprint density at radius 1 is 1.13 bits per heavy atom. The van der Waals surface area contributed by atoms with Crippen molar-refractivity contribution < 1.29 is 4.68 Å². The van der Waals surface area contributed by atoms with Crippen LogP contribution in [0.25, 0.3) is 11.4 Å². The van der Waals surface area contributed by atoms with Crippen molar-refractivity contribution in [2.45, 2.75) is 26.3 Å². The number of aromatic amines is 1.